The van der Waals surface area contributed by atoms with Crippen LogP contribution < -0.4 is 0 Å². The zero-order chi connectivity index (χ0) is 12.6. The molecule has 2 rings (SSSR count). The summed E-state index contributed by atoms with van der Waals surface area (Å²) in [5, 5.41) is 9.23. The molecule has 2 aromatic carbocycles. The van der Waals surface area contributed by atoms with Crippen molar-refractivity contribution in [2.75, 3.05) is 0 Å². The minimum atomic E-state index is 0.0231. The predicted molar refractivity (Wildman–Crippen MR) is 74.2 cm³/mol. The van der Waals surface area contributed by atoms with E-state index in [1.807, 2.05) is 36.4 Å². The van der Waals surface area contributed by atoms with E-state index < -0.39 is 0 Å². The van der Waals surface area contributed by atoms with Gasteiger partial charge in [0.05, 0.1) is 12.0 Å². The number of nitrogens with zero attached hydrogens (tertiary/aromatic N) is 1. The van der Waals surface area contributed by atoms with Gasteiger partial charge in [0.15, 0.2) is 0 Å². The van der Waals surface area contributed by atoms with Gasteiger partial charge in [-0.25, -0.2) is 0 Å². The van der Waals surface area contributed by atoms with Gasteiger partial charge < -0.3 is 0 Å². The van der Waals surface area contributed by atoms with Crippen molar-refractivity contribution in [3.8, 4) is 6.07 Å². The minimum Gasteiger partial charge on any atom is -0.198 e. The Labute approximate surface area is 109 Å². The zero-order valence-electron chi connectivity index (χ0n) is 10.4. The maximum atomic E-state index is 9.23. The molecule has 1 nitrogen and oxygen atoms in total. The highest BCUT2D eigenvalue weighted by molar-refractivity contribution is 5.24. The molecule has 18 heavy (non-hydrogen) atoms. The number of nitriles is 1. The second-order valence-electron chi connectivity index (χ2n) is 4.47. The van der Waals surface area contributed by atoms with Gasteiger partial charge in [0, 0.05) is 0 Å². The van der Waals surface area contributed by atoms with Crippen molar-refractivity contribution in [2.45, 2.75) is 25.2 Å². The average molecular weight is 235 g/mol. The molecule has 1 atom stereocenters. The Hall–Kier alpha value is -2.07. The monoisotopic (exact) mass is 235 g/mol. The smallest absolute Gasteiger partial charge is 0.0712 e. The quantitative estimate of drug-likeness (QED) is 0.757. The van der Waals surface area contributed by atoms with Crippen molar-refractivity contribution in [3.05, 3.63) is 71.8 Å². The lowest BCUT2D eigenvalue weighted by Crippen LogP contribution is -1.97. The molecule has 0 N–H and O–H groups in total. The van der Waals surface area contributed by atoms with E-state index in [0.29, 0.717) is 0 Å². The first-order valence-electron chi connectivity index (χ1n) is 6.38. The van der Waals surface area contributed by atoms with E-state index in [9.17, 15) is 5.26 Å². The molecule has 0 amide bonds. The number of benzene rings is 2. The predicted octanol–water partition coefficient (Wildman–Crippen LogP) is 4.32. The summed E-state index contributed by atoms with van der Waals surface area (Å²) in [6, 6.07) is 22.9. The summed E-state index contributed by atoms with van der Waals surface area (Å²) in [7, 11) is 0. The standard InChI is InChI=1S/C17H17N/c18-14-17(16-11-5-2-6-12-16)13-7-10-15-8-3-1-4-9-15/h1-6,8-9,11-12,17H,7,10,13H2. The summed E-state index contributed by atoms with van der Waals surface area (Å²) in [5.74, 6) is 0.0231. The molecule has 0 saturated carbocycles. The molecular formula is C17H17N. The number of hydrogen-bond acceptors (Lipinski definition) is 1. The fourth-order valence-electron chi connectivity index (χ4n) is 2.15. The fourth-order valence-corrected chi connectivity index (χ4v) is 2.15. The third kappa shape index (κ3) is 3.46. The van der Waals surface area contributed by atoms with Crippen LogP contribution in [0.3, 0.4) is 0 Å². The van der Waals surface area contributed by atoms with Gasteiger partial charge in [0.2, 0.25) is 0 Å². The summed E-state index contributed by atoms with van der Waals surface area (Å²) in [4.78, 5) is 0. The molecule has 0 radical (unpaired) electrons. The molecule has 90 valence electrons. The van der Waals surface area contributed by atoms with Gasteiger partial charge in [-0.2, -0.15) is 5.26 Å². The normalized spacial score (nSPS) is 11.7. The van der Waals surface area contributed by atoms with Crippen LogP contribution in [-0.4, -0.2) is 0 Å². The van der Waals surface area contributed by atoms with Gasteiger partial charge in [0.25, 0.3) is 0 Å². The Bertz CT molecular complexity index is 496. The number of aryl methyl sites for hydroxylation is 1. The second-order valence-corrected chi connectivity index (χ2v) is 4.47. The maximum Gasteiger partial charge on any atom is 0.0712 e. The summed E-state index contributed by atoms with van der Waals surface area (Å²) in [5.41, 5.74) is 2.48. The van der Waals surface area contributed by atoms with Crippen LogP contribution in [0.2, 0.25) is 0 Å². The Morgan fingerprint density at radius 3 is 2.11 bits per heavy atom. The molecule has 2 aromatic rings. The lowest BCUT2D eigenvalue weighted by Gasteiger charge is -2.09. The van der Waals surface area contributed by atoms with E-state index in [1.165, 1.54) is 5.56 Å². The molecule has 0 aliphatic carbocycles. The van der Waals surface area contributed by atoms with Crippen LogP contribution >= 0.6 is 0 Å². The molecule has 1 unspecified atom stereocenters. The lowest BCUT2D eigenvalue weighted by molar-refractivity contribution is 0.684. The minimum absolute atomic E-state index is 0.0231. The van der Waals surface area contributed by atoms with E-state index in [-0.39, 0.29) is 5.92 Å². The van der Waals surface area contributed by atoms with Crippen LogP contribution in [0.4, 0.5) is 0 Å². The van der Waals surface area contributed by atoms with Crippen molar-refractivity contribution in [1.29, 1.82) is 5.26 Å². The van der Waals surface area contributed by atoms with Crippen molar-refractivity contribution < 1.29 is 0 Å². The maximum absolute atomic E-state index is 9.23. The van der Waals surface area contributed by atoms with E-state index in [1.54, 1.807) is 0 Å². The first kappa shape index (κ1) is 12.4. The van der Waals surface area contributed by atoms with Crippen LogP contribution in [-0.2, 0) is 6.42 Å². The van der Waals surface area contributed by atoms with Crippen molar-refractivity contribution in [2.24, 2.45) is 0 Å². The molecule has 0 bridgehead atoms. The van der Waals surface area contributed by atoms with Crippen LogP contribution in [0.1, 0.15) is 29.9 Å². The van der Waals surface area contributed by atoms with E-state index in [2.05, 4.69) is 30.3 Å². The molecular weight excluding hydrogens is 218 g/mol. The largest absolute Gasteiger partial charge is 0.198 e. The molecule has 0 spiro atoms. The topological polar surface area (TPSA) is 23.8 Å². The highest BCUT2D eigenvalue weighted by atomic mass is 14.3. The average Bonchev–Trinajstić information content (AvgIpc) is 2.46. The van der Waals surface area contributed by atoms with Crippen molar-refractivity contribution in [1.82, 2.24) is 0 Å². The van der Waals surface area contributed by atoms with Crippen LogP contribution in [0.15, 0.2) is 60.7 Å². The SMILES string of the molecule is N#CC(CCCc1ccccc1)c1ccccc1. The summed E-state index contributed by atoms with van der Waals surface area (Å²) < 4.78 is 0. The fraction of sp³-hybridized carbons (Fsp3) is 0.235. The van der Waals surface area contributed by atoms with Gasteiger partial charge in [-0.1, -0.05) is 60.7 Å². The first-order chi connectivity index (χ1) is 8.90. The van der Waals surface area contributed by atoms with Crippen LogP contribution in [0, 0.1) is 11.3 Å². The molecule has 1 heteroatoms. The first-order valence-corrected chi connectivity index (χ1v) is 6.38. The second kappa shape index (κ2) is 6.61. The molecule has 0 heterocycles. The van der Waals surface area contributed by atoms with E-state index >= 15 is 0 Å². The molecule has 0 saturated heterocycles. The van der Waals surface area contributed by atoms with Gasteiger partial charge in [-0.15, -0.1) is 0 Å². The van der Waals surface area contributed by atoms with Crippen LogP contribution in [0.5, 0.6) is 0 Å². The van der Waals surface area contributed by atoms with Gasteiger partial charge in [-0.05, 0) is 30.4 Å². The molecule has 0 fully saturated rings. The Kier molecular flexibility index (Phi) is 4.55. The Morgan fingerprint density at radius 2 is 1.50 bits per heavy atom. The van der Waals surface area contributed by atoms with E-state index in [4.69, 9.17) is 0 Å². The molecule has 0 aliphatic rings. The number of rotatable bonds is 5. The Balaban J connectivity index is 1.88. The van der Waals surface area contributed by atoms with Gasteiger partial charge in [0.1, 0.15) is 0 Å². The Morgan fingerprint density at radius 1 is 0.889 bits per heavy atom. The third-order valence-electron chi connectivity index (χ3n) is 3.16. The van der Waals surface area contributed by atoms with Gasteiger partial charge in [-0.3, -0.25) is 0 Å². The third-order valence-corrected chi connectivity index (χ3v) is 3.16. The zero-order valence-corrected chi connectivity index (χ0v) is 10.4. The van der Waals surface area contributed by atoms with Crippen molar-refractivity contribution in [3.63, 3.8) is 0 Å². The highest BCUT2D eigenvalue weighted by Gasteiger charge is 2.09. The van der Waals surface area contributed by atoms with Crippen LogP contribution in [0.25, 0.3) is 0 Å². The molecule has 0 aliphatic heterocycles. The highest BCUT2D eigenvalue weighted by Crippen LogP contribution is 2.21. The van der Waals surface area contributed by atoms with E-state index in [0.717, 1.165) is 24.8 Å². The lowest BCUT2D eigenvalue weighted by atomic mass is 9.94. The summed E-state index contributed by atoms with van der Waals surface area (Å²) in [6.07, 6.45) is 3.03. The molecule has 0 aromatic heterocycles. The van der Waals surface area contributed by atoms with Gasteiger partial charge >= 0.3 is 0 Å². The summed E-state index contributed by atoms with van der Waals surface area (Å²) in [6.45, 7) is 0. The number of hydrogen-bond donors (Lipinski definition) is 0. The van der Waals surface area contributed by atoms with Crippen molar-refractivity contribution >= 4 is 0 Å². The summed E-state index contributed by atoms with van der Waals surface area (Å²) >= 11 is 0.